The number of imide groups is 1. The van der Waals surface area contributed by atoms with Crippen molar-refractivity contribution in [3.63, 3.8) is 0 Å². The second-order valence-corrected chi connectivity index (χ2v) is 7.38. The smallest absolute Gasteiger partial charge is 0.259 e. The molecular weight excluding hydrogens is 376 g/mol. The third-order valence-electron chi connectivity index (χ3n) is 4.89. The number of amides is 2. The van der Waals surface area contributed by atoms with Gasteiger partial charge in [-0.2, -0.15) is 0 Å². The summed E-state index contributed by atoms with van der Waals surface area (Å²) in [5.74, 6) is -0.666. The van der Waals surface area contributed by atoms with Gasteiger partial charge in [0.05, 0.1) is 0 Å². The van der Waals surface area contributed by atoms with Crippen LogP contribution in [0.3, 0.4) is 0 Å². The molecule has 0 spiro atoms. The fourth-order valence-electron chi connectivity index (χ4n) is 3.56. The zero-order valence-electron chi connectivity index (χ0n) is 17.6. The average molecular weight is 402 g/mol. The Balaban J connectivity index is 2.25. The van der Waals surface area contributed by atoms with E-state index in [4.69, 9.17) is 0 Å². The summed E-state index contributed by atoms with van der Waals surface area (Å²) in [6.07, 6.45) is 0. The molecular formula is C24H26N4O2. The van der Waals surface area contributed by atoms with Gasteiger partial charge >= 0.3 is 0 Å². The summed E-state index contributed by atoms with van der Waals surface area (Å²) in [6, 6.07) is 20.7. The number of benzene rings is 2. The first-order valence-electron chi connectivity index (χ1n) is 9.86. The van der Waals surface area contributed by atoms with Gasteiger partial charge in [-0.15, -0.1) is 0 Å². The lowest BCUT2D eigenvalue weighted by Crippen LogP contribution is -2.57. The van der Waals surface area contributed by atoms with Gasteiger partial charge in [-0.25, -0.2) is 9.97 Å². The lowest BCUT2D eigenvalue weighted by molar-refractivity contribution is -0.133. The van der Waals surface area contributed by atoms with Gasteiger partial charge in [0.15, 0.2) is 11.4 Å². The van der Waals surface area contributed by atoms with E-state index in [1.165, 1.54) is 6.92 Å². The van der Waals surface area contributed by atoms with E-state index < -0.39 is 17.4 Å². The van der Waals surface area contributed by atoms with Crippen molar-refractivity contribution in [3.05, 3.63) is 95.1 Å². The normalized spacial score (nSPS) is 13.9. The first kappa shape index (κ1) is 21.3. The Morgan fingerprint density at radius 1 is 0.900 bits per heavy atom. The van der Waals surface area contributed by atoms with Gasteiger partial charge in [-0.05, 0) is 38.0 Å². The van der Waals surface area contributed by atoms with E-state index in [0.717, 1.165) is 17.0 Å². The summed E-state index contributed by atoms with van der Waals surface area (Å²) in [7, 11) is 0. The molecule has 1 heterocycles. The fraction of sp³-hybridized carbons (Fsp3) is 0.250. The number of hydrogen-bond donors (Lipinski definition) is 2. The summed E-state index contributed by atoms with van der Waals surface area (Å²) in [5.41, 5.74) is 1.67. The van der Waals surface area contributed by atoms with Gasteiger partial charge in [-0.1, -0.05) is 60.7 Å². The van der Waals surface area contributed by atoms with Crippen LogP contribution in [-0.4, -0.2) is 21.8 Å². The van der Waals surface area contributed by atoms with Crippen LogP contribution in [0.2, 0.25) is 0 Å². The summed E-state index contributed by atoms with van der Waals surface area (Å²) < 4.78 is 0. The van der Waals surface area contributed by atoms with Crippen molar-refractivity contribution >= 4 is 11.8 Å². The van der Waals surface area contributed by atoms with Gasteiger partial charge in [0.25, 0.3) is 5.91 Å². The molecule has 6 heteroatoms. The predicted octanol–water partition coefficient (Wildman–Crippen LogP) is 3.35. The Kier molecular flexibility index (Phi) is 6.37. The molecule has 0 aliphatic carbocycles. The maximum Gasteiger partial charge on any atom is 0.259 e. The summed E-state index contributed by atoms with van der Waals surface area (Å²) in [4.78, 5) is 34.7. The maximum absolute atomic E-state index is 13.6. The molecule has 0 unspecified atom stereocenters. The summed E-state index contributed by atoms with van der Waals surface area (Å²) >= 11 is 0. The van der Waals surface area contributed by atoms with Gasteiger partial charge < -0.3 is 0 Å². The molecule has 0 aliphatic rings. The first-order chi connectivity index (χ1) is 14.3. The third kappa shape index (κ3) is 4.44. The molecule has 6 nitrogen and oxygen atoms in total. The SMILES string of the molecule is CC(=O)NC(=O)[C@@](N[C@H](C)c1ccccc1)(c1ccccc1)c1nc(C)cc(C)n1. The molecule has 0 saturated carbocycles. The van der Waals surface area contributed by atoms with Crippen molar-refractivity contribution in [2.45, 2.75) is 39.3 Å². The minimum Gasteiger partial charge on any atom is -0.294 e. The van der Waals surface area contributed by atoms with E-state index in [-0.39, 0.29) is 6.04 Å². The number of nitrogens with one attached hydrogen (secondary N) is 2. The molecule has 3 aromatic rings. The van der Waals surface area contributed by atoms with E-state index >= 15 is 0 Å². The van der Waals surface area contributed by atoms with Crippen molar-refractivity contribution in [2.24, 2.45) is 0 Å². The minimum atomic E-state index is -1.46. The van der Waals surface area contributed by atoms with Crippen molar-refractivity contribution in [2.75, 3.05) is 0 Å². The molecule has 2 atom stereocenters. The molecule has 3 rings (SSSR count). The zero-order valence-corrected chi connectivity index (χ0v) is 17.6. The highest BCUT2D eigenvalue weighted by atomic mass is 16.2. The molecule has 0 aliphatic heterocycles. The molecule has 0 bridgehead atoms. The molecule has 30 heavy (non-hydrogen) atoms. The van der Waals surface area contributed by atoms with Crippen LogP contribution in [0.1, 0.15) is 48.2 Å². The molecule has 1 aromatic heterocycles. The highest BCUT2D eigenvalue weighted by molar-refractivity contribution is 6.01. The Hall–Kier alpha value is -3.38. The van der Waals surface area contributed by atoms with Crippen LogP contribution in [0.4, 0.5) is 0 Å². The maximum atomic E-state index is 13.6. The van der Waals surface area contributed by atoms with E-state index in [1.807, 2.05) is 87.5 Å². The van der Waals surface area contributed by atoms with E-state index in [0.29, 0.717) is 11.4 Å². The first-order valence-corrected chi connectivity index (χ1v) is 9.86. The average Bonchev–Trinajstić information content (AvgIpc) is 2.72. The second kappa shape index (κ2) is 8.97. The van der Waals surface area contributed by atoms with E-state index in [1.54, 1.807) is 0 Å². The molecule has 154 valence electrons. The van der Waals surface area contributed by atoms with Gasteiger partial charge in [0, 0.05) is 24.4 Å². The van der Waals surface area contributed by atoms with Crippen molar-refractivity contribution < 1.29 is 9.59 Å². The van der Waals surface area contributed by atoms with Crippen LogP contribution in [0, 0.1) is 13.8 Å². The molecule has 2 amide bonds. The Morgan fingerprint density at radius 2 is 1.43 bits per heavy atom. The predicted molar refractivity (Wildman–Crippen MR) is 116 cm³/mol. The van der Waals surface area contributed by atoms with Crippen molar-refractivity contribution in [1.82, 2.24) is 20.6 Å². The summed E-state index contributed by atoms with van der Waals surface area (Å²) in [5, 5.41) is 5.91. The summed E-state index contributed by atoms with van der Waals surface area (Å²) in [6.45, 7) is 7.00. The van der Waals surface area contributed by atoms with Crippen molar-refractivity contribution in [3.8, 4) is 0 Å². The van der Waals surface area contributed by atoms with Crippen LogP contribution in [0.5, 0.6) is 0 Å². The third-order valence-corrected chi connectivity index (χ3v) is 4.89. The van der Waals surface area contributed by atoms with Crippen molar-refractivity contribution in [1.29, 1.82) is 0 Å². The second-order valence-electron chi connectivity index (χ2n) is 7.38. The highest BCUT2D eigenvalue weighted by Crippen LogP contribution is 2.31. The minimum absolute atomic E-state index is 0.228. The quantitative estimate of drug-likeness (QED) is 0.661. The van der Waals surface area contributed by atoms with Crippen LogP contribution < -0.4 is 10.6 Å². The van der Waals surface area contributed by atoms with Crippen LogP contribution in [0.25, 0.3) is 0 Å². The largest absolute Gasteiger partial charge is 0.294 e. The topological polar surface area (TPSA) is 84.0 Å². The number of rotatable bonds is 6. The van der Waals surface area contributed by atoms with Crippen LogP contribution in [-0.2, 0) is 15.1 Å². The van der Waals surface area contributed by atoms with Gasteiger partial charge in [0.1, 0.15) is 0 Å². The Bertz CT molecular complexity index is 1020. The lowest BCUT2D eigenvalue weighted by Gasteiger charge is -2.35. The molecule has 0 fully saturated rings. The number of hydrogen-bond acceptors (Lipinski definition) is 5. The van der Waals surface area contributed by atoms with Gasteiger partial charge in [0.2, 0.25) is 5.91 Å². The molecule has 0 radical (unpaired) electrons. The monoisotopic (exact) mass is 402 g/mol. The van der Waals surface area contributed by atoms with E-state index in [9.17, 15) is 9.59 Å². The zero-order chi connectivity index (χ0) is 21.7. The number of aromatic nitrogens is 2. The molecule has 0 saturated heterocycles. The van der Waals surface area contributed by atoms with Gasteiger partial charge in [-0.3, -0.25) is 20.2 Å². The number of carbonyl (C=O) groups is 2. The van der Waals surface area contributed by atoms with Crippen LogP contribution in [0.15, 0.2) is 66.7 Å². The molecule has 2 aromatic carbocycles. The Morgan fingerprint density at radius 3 is 1.97 bits per heavy atom. The highest BCUT2D eigenvalue weighted by Gasteiger charge is 2.46. The number of nitrogens with zero attached hydrogens (tertiary/aromatic N) is 2. The molecule has 2 N–H and O–H groups in total. The lowest BCUT2D eigenvalue weighted by atomic mass is 9.85. The standard InChI is InChI=1S/C24H26N4O2/c1-16-15-17(2)26-22(25-16)24(23(30)27-19(4)29,21-13-9-6-10-14-21)28-18(3)20-11-7-5-8-12-20/h5-15,18,28H,1-4H3,(H,27,29,30)/t18-,24-/m1/s1. The van der Waals surface area contributed by atoms with E-state index in [2.05, 4.69) is 20.6 Å². The fourth-order valence-corrected chi connectivity index (χ4v) is 3.56. The number of carbonyl (C=O) groups excluding carboxylic acids is 2. The van der Waals surface area contributed by atoms with Crippen LogP contribution >= 0.6 is 0 Å². The Labute approximate surface area is 176 Å². The number of aryl methyl sites for hydroxylation is 2.